The van der Waals surface area contributed by atoms with Crippen LogP contribution >= 0.6 is 0 Å². The monoisotopic (exact) mass is 395 g/mol. The van der Waals surface area contributed by atoms with Crippen molar-refractivity contribution < 1.29 is 9.66 Å². The molecule has 1 N–H and O–H groups in total. The van der Waals surface area contributed by atoms with Crippen LogP contribution in [0.5, 0.6) is 0 Å². The first kappa shape index (κ1) is 18.9. The molecule has 10 heteroatoms. The number of methoxy groups -OCH3 is 1. The maximum absolute atomic E-state index is 11.1. The van der Waals surface area contributed by atoms with E-state index in [4.69, 9.17) is 4.74 Å². The molecule has 0 spiro atoms. The third kappa shape index (κ3) is 4.06. The summed E-state index contributed by atoms with van der Waals surface area (Å²) in [6.45, 7) is 3.07. The molecule has 0 saturated heterocycles. The van der Waals surface area contributed by atoms with Crippen LogP contribution in [0.15, 0.2) is 30.3 Å². The molecule has 29 heavy (non-hydrogen) atoms. The second-order valence-corrected chi connectivity index (χ2v) is 6.91. The molecule has 1 aliphatic heterocycles. The number of aromatic nitrogens is 5. The highest BCUT2D eigenvalue weighted by Gasteiger charge is 2.25. The van der Waals surface area contributed by atoms with Crippen molar-refractivity contribution in [1.29, 1.82) is 0 Å². The summed E-state index contributed by atoms with van der Waals surface area (Å²) < 4.78 is 7.05. The van der Waals surface area contributed by atoms with Crippen molar-refractivity contribution in [3.63, 3.8) is 0 Å². The molecule has 0 bridgehead atoms. The van der Waals surface area contributed by atoms with E-state index >= 15 is 0 Å². The largest absolute Gasteiger partial charge is 0.377 e. The average Bonchev–Trinajstić information content (AvgIpc) is 3.12. The number of ether oxygens (including phenoxy) is 1. The first-order valence-electron chi connectivity index (χ1n) is 9.33. The second kappa shape index (κ2) is 7.92. The predicted octanol–water partition coefficient (Wildman–Crippen LogP) is 3.05. The van der Waals surface area contributed by atoms with Crippen LogP contribution in [0.2, 0.25) is 0 Å². The van der Waals surface area contributed by atoms with E-state index in [2.05, 4.69) is 25.4 Å². The summed E-state index contributed by atoms with van der Waals surface area (Å²) >= 11 is 0. The third-order valence-corrected chi connectivity index (χ3v) is 4.68. The number of rotatable bonds is 6. The molecule has 3 heterocycles. The molecule has 10 nitrogen and oxygen atoms in total. The van der Waals surface area contributed by atoms with E-state index in [1.807, 2.05) is 17.7 Å². The smallest absolute Gasteiger partial charge is 0.270 e. The van der Waals surface area contributed by atoms with Gasteiger partial charge in [0.1, 0.15) is 18.2 Å². The molecule has 2 aromatic heterocycles. The number of nitro benzene ring substituents is 1. The van der Waals surface area contributed by atoms with Crippen molar-refractivity contribution in [3.8, 4) is 11.4 Å². The van der Waals surface area contributed by atoms with Crippen LogP contribution in [-0.4, -0.2) is 36.8 Å². The van der Waals surface area contributed by atoms with Crippen LogP contribution in [-0.2, 0) is 17.9 Å². The predicted molar refractivity (Wildman–Crippen MR) is 105 cm³/mol. The highest BCUT2D eigenvalue weighted by molar-refractivity contribution is 5.61. The number of anilines is 1. The Morgan fingerprint density at radius 1 is 1.31 bits per heavy atom. The molecule has 0 radical (unpaired) electrons. The van der Waals surface area contributed by atoms with Crippen LogP contribution in [0.3, 0.4) is 0 Å². The standard InChI is InChI=1S/C19H21N7O3/c1-12-9-16(22-18(20-12)13-5-3-6-14(10-13)26(27)28)21-15-7-4-8-25-19(15)23-17(24-25)11-29-2/h3,5-6,9-10,15H,4,7-8,11H2,1-2H3,(H,20,21,22). The molecule has 0 saturated carbocycles. The Kier molecular flexibility index (Phi) is 5.17. The summed E-state index contributed by atoms with van der Waals surface area (Å²) in [5.41, 5.74) is 1.37. The van der Waals surface area contributed by atoms with Gasteiger partial charge in [0, 0.05) is 43.1 Å². The summed E-state index contributed by atoms with van der Waals surface area (Å²) in [4.78, 5) is 24.3. The number of fused-ring (bicyclic) bond motifs is 1. The number of nitrogens with zero attached hydrogens (tertiary/aromatic N) is 6. The van der Waals surface area contributed by atoms with E-state index in [1.165, 1.54) is 12.1 Å². The molecule has 4 rings (SSSR count). The minimum absolute atomic E-state index is 0.00756. The Morgan fingerprint density at radius 3 is 2.97 bits per heavy atom. The zero-order valence-electron chi connectivity index (χ0n) is 16.2. The topological polar surface area (TPSA) is 121 Å². The molecule has 1 unspecified atom stereocenters. The SMILES string of the molecule is COCc1nc2n(n1)CCCC2Nc1cc(C)nc(-c2cccc([N+](=O)[O-])c2)n1. The average molecular weight is 395 g/mol. The third-order valence-electron chi connectivity index (χ3n) is 4.68. The molecule has 1 aromatic carbocycles. The van der Waals surface area contributed by atoms with Gasteiger partial charge in [-0.05, 0) is 19.8 Å². The fourth-order valence-electron chi connectivity index (χ4n) is 3.44. The number of hydrogen-bond acceptors (Lipinski definition) is 8. The van der Waals surface area contributed by atoms with E-state index in [0.717, 1.165) is 30.9 Å². The van der Waals surface area contributed by atoms with Gasteiger partial charge in [0.25, 0.3) is 5.69 Å². The van der Waals surface area contributed by atoms with Gasteiger partial charge in [-0.15, -0.1) is 0 Å². The van der Waals surface area contributed by atoms with Crippen LogP contribution in [0.4, 0.5) is 11.5 Å². The summed E-state index contributed by atoms with van der Waals surface area (Å²) in [5.74, 6) is 2.60. The van der Waals surface area contributed by atoms with Crippen LogP contribution in [0.1, 0.15) is 36.2 Å². The van der Waals surface area contributed by atoms with Gasteiger partial charge in [-0.25, -0.2) is 19.6 Å². The number of nitrogens with one attached hydrogen (secondary N) is 1. The Bertz CT molecular complexity index is 1050. The van der Waals surface area contributed by atoms with Gasteiger partial charge in [0.2, 0.25) is 0 Å². The maximum Gasteiger partial charge on any atom is 0.270 e. The van der Waals surface area contributed by atoms with E-state index in [0.29, 0.717) is 29.6 Å². The Hall–Kier alpha value is -3.40. The zero-order chi connectivity index (χ0) is 20.4. The highest BCUT2D eigenvalue weighted by Crippen LogP contribution is 2.28. The van der Waals surface area contributed by atoms with Gasteiger partial charge < -0.3 is 10.1 Å². The van der Waals surface area contributed by atoms with Crippen molar-refractivity contribution in [2.24, 2.45) is 0 Å². The first-order valence-corrected chi connectivity index (χ1v) is 9.33. The first-order chi connectivity index (χ1) is 14.0. The molecule has 150 valence electrons. The second-order valence-electron chi connectivity index (χ2n) is 6.91. The van der Waals surface area contributed by atoms with Gasteiger partial charge >= 0.3 is 0 Å². The Labute approximate surface area is 167 Å². The summed E-state index contributed by atoms with van der Waals surface area (Å²) in [6, 6.07) is 8.14. The lowest BCUT2D eigenvalue weighted by Crippen LogP contribution is -2.23. The lowest BCUT2D eigenvalue weighted by atomic mass is 10.1. The maximum atomic E-state index is 11.1. The Morgan fingerprint density at radius 2 is 2.17 bits per heavy atom. The zero-order valence-corrected chi connectivity index (χ0v) is 16.2. The number of hydrogen-bond donors (Lipinski definition) is 1. The van der Waals surface area contributed by atoms with Crippen molar-refractivity contribution in [1.82, 2.24) is 24.7 Å². The number of benzene rings is 1. The van der Waals surface area contributed by atoms with Crippen LogP contribution in [0, 0.1) is 17.0 Å². The van der Waals surface area contributed by atoms with Crippen LogP contribution < -0.4 is 5.32 Å². The van der Waals surface area contributed by atoms with Gasteiger partial charge in [0.15, 0.2) is 11.6 Å². The highest BCUT2D eigenvalue weighted by atomic mass is 16.6. The van der Waals surface area contributed by atoms with Gasteiger partial charge in [-0.2, -0.15) is 5.10 Å². The molecular formula is C19H21N7O3. The molecular weight excluding hydrogens is 374 g/mol. The lowest BCUT2D eigenvalue weighted by Gasteiger charge is -2.23. The van der Waals surface area contributed by atoms with Crippen LogP contribution in [0.25, 0.3) is 11.4 Å². The summed E-state index contributed by atoms with van der Waals surface area (Å²) in [6.07, 6.45) is 1.88. The van der Waals surface area contributed by atoms with Gasteiger partial charge in [-0.1, -0.05) is 12.1 Å². The van der Waals surface area contributed by atoms with Gasteiger partial charge in [-0.3, -0.25) is 10.1 Å². The van der Waals surface area contributed by atoms with Crippen molar-refractivity contribution in [2.45, 2.75) is 39.0 Å². The fourth-order valence-corrected chi connectivity index (χ4v) is 3.44. The number of non-ortho nitro benzene ring substituents is 1. The Balaban J connectivity index is 1.63. The molecule has 0 fully saturated rings. The van der Waals surface area contributed by atoms with Gasteiger partial charge in [0.05, 0.1) is 11.0 Å². The lowest BCUT2D eigenvalue weighted by molar-refractivity contribution is -0.384. The van der Waals surface area contributed by atoms with E-state index in [-0.39, 0.29) is 11.7 Å². The normalized spacial score (nSPS) is 15.7. The molecule has 1 atom stereocenters. The van der Waals surface area contributed by atoms with Crippen molar-refractivity contribution in [3.05, 3.63) is 57.8 Å². The quantitative estimate of drug-likeness (QED) is 0.499. The minimum Gasteiger partial charge on any atom is -0.377 e. The van der Waals surface area contributed by atoms with E-state index in [9.17, 15) is 10.1 Å². The molecule has 0 aliphatic carbocycles. The van der Waals surface area contributed by atoms with Crippen molar-refractivity contribution in [2.75, 3.05) is 12.4 Å². The molecule has 3 aromatic rings. The number of aryl methyl sites for hydroxylation is 2. The summed E-state index contributed by atoms with van der Waals surface area (Å²) in [5, 5.41) is 19.0. The number of nitro groups is 1. The fraction of sp³-hybridized carbons (Fsp3) is 0.368. The summed E-state index contributed by atoms with van der Waals surface area (Å²) in [7, 11) is 1.62. The minimum atomic E-state index is -0.426. The van der Waals surface area contributed by atoms with E-state index < -0.39 is 4.92 Å². The van der Waals surface area contributed by atoms with Crippen molar-refractivity contribution >= 4 is 11.5 Å². The molecule has 1 aliphatic rings. The molecule has 0 amide bonds. The van der Waals surface area contributed by atoms with E-state index in [1.54, 1.807) is 19.2 Å².